The van der Waals surface area contributed by atoms with Crippen LogP contribution in [0.4, 0.5) is 0 Å². The lowest BCUT2D eigenvalue weighted by molar-refractivity contribution is -0.128. The third-order valence-corrected chi connectivity index (χ3v) is 4.27. The van der Waals surface area contributed by atoms with Crippen molar-refractivity contribution in [3.8, 4) is 0 Å². The topological polar surface area (TPSA) is 53.2 Å². The molecule has 1 aromatic rings. The van der Waals surface area contributed by atoms with Gasteiger partial charge in [-0.1, -0.05) is 15.9 Å². The first-order valence-electron chi connectivity index (χ1n) is 6.04. The monoisotopic (exact) mass is 312 g/mol. The maximum Gasteiger partial charge on any atom is 0.253 e. The lowest BCUT2D eigenvalue weighted by Crippen LogP contribution is -2.29. The average molecular weight is 313 g/mol. The van der Waals surface area contributed by atoms with Gasteiger partial charge in [-0.25, -0.2) is 0 Å². The van der Waals surface area contributed by atoms with E-state index in [1.807, 2.05) is 19.9 Å². The molecular weight excluding hydrogens is 296 g/mol. The average Bonchev–Trinajstić information content (AvgIpc) is 2.64. The molecule has 0 saturated carbocycles. The minimum Gasteiger partial charge on any atom is -0.338 e. The SMILES string of the molecule is Cc1cc(C)c(CN2CC(CBr)CC2=O)c(=O)[nH]1. The van der Waals surface area contributed by atoms with Gasteiger partial charge < -0.3 is 9.88 Å². The van der Waals surface area contributed by atoms with Crippen LogP contribution in [0.2, 0.25) is 0 Å². The quantitative estimate of drug-likeness (QED) is 0.864. The minimum atomic E-state index is -0.0809. The Balaban J connectivity index is 2.20. The predicted octanol–water partition coefficient (Wildman–Crippen LogP) is 1.74. The second-order valence-electron chi connectivity index (χ2n) is 4.94. The van der Waals surface area contributed by atoms with Crippen LogP contribution in [0, 0.1) is 19.8 Å². The zero-order valence-electron chi connectivity index (χ0n) is 10.6. The highest BCUT2D eigenvalue weighted by Crippen LogP contribution is 2.21. The molecule has 1 fully saturated rings. The lowest BCUT2D eigenvalue weighted by atomic mass is 10.1. The Morgan fingerprint density at radius 3 is 2.72 bits per heavy atom. The molecule has 18 heavy (non-hydrogen) atoms. The number of carbonyl (C=O) groups excluding carboxylic acids is 1. The molecule has 1 saturated heterocycles. The minimum absolute atomic E-state index is 0.0809. The largest absolute Gasteiger partial charge is 0.338 e. The highest BCUT2D eigenvalue weighted by molar-refractivity contribution is 9.09. The smallest absolute Gasteiger partial charge is 0.253 e. The zero-order chi connectivity index (χ0) is 13.3. The van der Waals surface area contributed by atoms with E-state index >= 15 is 0 Å². The summed E-state index contributed by atoms with van der Waals surface area (Å²) >= 11 is 3.41. The van der Waals surface area contributed by atoms with Gasteiger partial charge in [-0.3, -0.25) is 9.59 Å². The van der Waals surface area contributed by atoms with Crippen molar-refractivity contribution in [3.05, 3.63) is 33.2 Å². The fourth-order valence-corrected chi connectivity index (χ4v) is 2.81. The van der Waals surface area contributed by atoms with Gasteiger partial charge in [0.25, 0.3) is 5.56 Å². The molecule has 2 rings (SSSR count). The Kier molecular flexibility index (Phi) is 3.90. The number of likely N-dealkylation sites (tertiary alicyclic amines) is 1. The van der Waals surface area contributed by atoms with E-state index in [1.165, 1.54) is 0 Å². The Morgan fingerprint density at radius 2 is 2.17 bits per heavy atom. The van der Waals surface area contributed by atoms with Crippen LogP contribution in [0.25, 0.3) is 0 Å². The van der Waals surface area contributed by atoms with E-state index in [1.54, 1.807) is 4.90 Å². The van der Waals surface area contributed by atoms with E-state index in [9.17, 15) is 9.59 Å². The van der Waals surface area contributed by atoms with Crippen molar-refractivity contribution in [2.45, 2.75) is 26.8 Å². The summed E-state index contributed by atoms with van der Waals surface area (Å²) in [6.45, 7) is 4.93. The number of carbonyl (C=O) groups is 1. The molecule has 1 unspecified atom stereocenters. The Hall–Kier alpha value is -1.10. The molecule has 1 amide bonds. The van der Waals surface area contributed by atoms with Crippen LogP contribution in [0.5, 0.6) is 0 Å². The normalized spacial score (nSPS) is 19.6. The first-order valence-corrected chi connectivity index (χ1v) is 7.16. The van der Waals surface area contributed by atoms with Gasteiger partial charge in [0.2, 0.25) is 5.91 Å². The molecule has 5 heteroatoms. The highest BCUT2D eigenvalue weighted by Gasteiger charge is 2.29. The van der Waals surface area contributed by atoms with Crippen LogP contribution >= 0.6 is 15.9 Å². The number of halogens is 1. The van der Waals surface area contributed by atoms with E-state index < -0.39 is 0 Å². The molecule has 0 bridgehead atoms. The van der Waals surface area contributed by atoms with E-state index in [-0.39, 0.29) is 11.5 Å². The molecule has 1 aliphatic rings. The lowest BCUT2D eigenvalue weighted by Gasteiger charge is -2.17. The van der Waals surface area contributed by atoms with Gasteiger partial charge in [0.15, 0.2) is 0 Å². The summed E-state index contributed by atoms with van der Waals surface area (Å²) in [6.07, 6.45) is 0.577. The Bertz CT molecular complexity index is 524. The number of nitrogens with zero attached hydrogens (tertiary/aromatic N) is 1. The summed E-state index contributed by atoms with van der Waals surface area (Å²) in [5.74, 6) is 0.501. The number of hydrogen-bond acceptors (Lipinski definition) is 2. The van der Waals surface area contributed by atoms with Gasteiger partial charge in [0.05, 0.1) is 6.54 Å². The molecule has 1 aromatic heterocycles. The summed E-state index contributed by atoms with van der Waals surface area (Å²) < 4.78 is 0. The van der Waals surface area contributed by atoms with Gasteiger partial charge >= 0.3 is 0 Å². The zero-order valence-corrected chi connectivity index (χ0v) is 12.2. The number of nitrogens with one attached hydrogen (secondary N) is 1. The summed E-state index contributed by atoms with van der Waals surface area (Å²) in [4.78, 5) is 28.3. The number of alkyl halides is 1. The van der Waals surface area contributed by atoms with Crippen molar-refractivity contribution in [3.63, 3.8) is 0 Å². The number of H-pyrrole nitrogens is 1. The maximum absolute atomic E-state index is 11.9. The second kappa shape index (κ2) is 5.26. The number of rotatable bonds is 3. The molecule has 0 aromatic carbocycles. The van der Waals surface area contributed by atoms with Gasteiger partial charge in [-0.05, 0) is 31.4 Å². The second-order valence-corrected chi connectivity index (χ2v) is 5.59. The Morgan fingerprint density at radius 1 is 1.44 bits per heavy atom. The van der Waals surface area contributed by atoms with Crippen molar-refractivity contribution in [2.24, 2.45) is 5.92 Å². The predicted molar refractivity (Wildman–Crippen MR) is 73.9 cm³/mol. The van der Waals surface area contributed by atoms with E-state index in [2.05, 4.69) is 20.9 Å². The molecule has 1 atom stereocenters. The summed E-state index contributed by atoms with van der Waals surface area (Å²) in [5, 5.41) is 0.832. The third kappa shape index (κ3) is 2.66. The molecule has 4 nitrogen and oxygen atoms in total. The molecule has 1 aliphatic heterocycles. The molecule has 0 spiro atoms. The van der Waals surface area contributed by atoms with Crippen LogP contribution in [-0.2, 0) is 11.3 Å². The van der Waals surface area contributed by atoms with Crippen molar-refractivity contribution >= 4 is 21.8 Å². The molecule has 2 heterocycles. The summed E-state index contributed by atoms with van der Waals surface area (Å²) in [7, 11) is 0. The molecule has 98 valence electrons. The van der Waals surface area contributed by atoms with Gasteiger partial charge in [0, 0.05) is 29.6 Å². The number of aromatic nitrogens is 1. The molecule has 0 aliphatic carbocycles. The number of aromatic amines is 1. The Labute approximate surface area is 115 Å². The van der Waals surface area contributed by atoms with E-state index in [0.29, 0.717) is 24.4 Å². The van der Waals surface area contributed by atoms with Gasteiger partial charge in [-0.2, -0.15) is 0 Å². The van der Waals surface area contributed by atoms with Crippen LogP contribution in [0.1, 0.15) is 23.2 Å². The molecule has 1 N–H and O–H groups in total. The van der Waals surface area contributed by atoms with Crippen molar-refractivity contribution in [1.82, 2.24) is 9.88 Å². The van der Waals surface area contributed by atoms with Crippen LogP contribution in [0.15, 0.2) is 10.9 Å². The van der Waals surface area contributed by atoms with E-state index in [4.69, 9.17) is 0 Å². The fourth-order valence-electron chi connectivity index (χ4n) is 2.38. The number of aryl methyl sites for hydroxylation is 2. The fraction of sp³-hybridized carbons (Fsp3) is 0.538. The van der Waals surface area contributed by atoms with E-state index in [0.717, 1.165) is 23.1 Å². The third-order valence-electron chi connectivity index (χ3n) is 3.36. The summed E-state index contributed by atoms with van der Waals surface area (Å²) in [6, 6.07) is 1.94. The van der Waals surface area contributed by atoms with Crippen molar-refractivity contribution in [2.75, 3.05) is 11.9 Å². The first kappa shape index (κ1) is 13.3. The van der Waals surface area contributed by atoms with Gasteiger partial charge in [-0.15, -0.1) is 0 Å². The maximum atomic E-state index is 11.9. The van der Waals surface area contributed by atoms with Crippen molar-refractivity contribution < 1.29 is 4.79 Å². The van der Waals surface area contributed by atoms with Crippen molar-refractivity contribution in [1.29, 1.82) is 0 Å². The van der Waals surface area contributed by atoms with Crippen LogP contribution in [-0.4, -0.2) is 27.7 Å². The standard InChI is InChI=1S/C13H17BrN2O2/c1-8-3-9(2)15-13(18)11(8)7-16-6-10(5-14)4-12(16)17/h3,10H,4-7H2,1-2H3,(H,15,18). The molecular formula is C13H17BrN2O2. The van der Waals surface area contributed by atoms with Crippen LogP contribution < -0.4 is 5.56 Å². The number of amides is 1. The molecule has 0 radical (unpaired) electrons. The highest BCUT2D eigenvalue weighted by atomic mass is 79.9. The summed E-state index contributed by atoms with van der Waals surface area (Å²) in [5.41, 5.74) is 2.42. The first-order chi connectivity index (χ1) is 8.51. The number of pyridine rings is 1. The van der Waals surface area contributed by atoms with Gasteiger partial charge in [0.1, 0.15) is 0 Å². The van der Waals surface area contributed by atoms with Crippen LogP contribution in [0.3, 0.4) is 0 Å². The number of hydrogen-bond donors (Lipinski definition) is 1.